The van der Waals surface area contributed by atoms with Crippen molar-refractivity contribution in [2.45, 2.75) is 27.2 Å². The molecule has 0 atom stereocenters. The van der Waals surface area contributed by atoms with E-state index < -0.39 is 0 Å². The van der Waals surface area contributed by atoms with Crippen molar-refractivity contribution < 1.29 is 4.79 Å². The molecular weight excluding hydrogens is 258 g/mol. The molecule has 2 nitrogen and oxygen atoms in total. The Kier molecular flexibility index (Phi) is 9.19. The molecule has 1 rings (SSSR count). The standard InChI is InChI=1S/C16H23NO.ClH/c1-4-17(5-2)13-12-16(18)11-10-15-8-6-14(3)7-9-15;/h6-11H,4-5,12-13H2,1-3H3;1H/b11-10+;. The molecule has 19 heavy (non-hydrogen) atoms. The number of carbonyl (C=O) groups excluding carboxylic acids is 1. The Balaban J connectivity index is 0.00000324. The van der Waals surface area contributed by atoms with Crippen LogP contribution >= 0.6 is 12.4 Å². The largest absolute Gasteiger partial charge is 0.303 e. The number of rotatable bonds is 7. The van der Waals surface area contributed by atoms with Crippen molar-refractivity contribution in [2.24, 2.45) is 0 Å². The second kappa shape index (κ2) is 9.76. The summed E-state index contributed by atoms with van der Waals surface area (Å²) < 4.78 is 0. The van der Waals surface area contributed by atoms with Crippen LogP contribution in [-0.4, -0.2) is 30.3 Å². The van der Waals surface area contributed by atoms with E-state index in [1.165, 1.54) is 5.56 Å². The van der Waals surface area contributed by atoms with Gasteiger partial charge in [0.15, 0.2) is 5.78 Å². The van der Waals surface area contributed by atoms with Crippen LogP contribution in [0.2, 0.25) is 0 Å². The fourth-order valence-corrected chi connectivity index (χ4v) is 1.76. The monoisotopic (exact) mass is 281 g/mol. The van der Waals surface area contributed by atoms with Gasteiger partial charge in [0.2, 0.25) is 0 Å². The highest BCUT2D eigenvalue weighted by Gasteiger charge is 2.02. The van der Waals surface area contributed by atoms with Crippen LogP contribution in [0.15, 0.2) is 30.3 Å². The first-order chi connectivity index (χ1) is 8.65. The molecular formula is C16H24ClNO. The third kappa shape index (κ3) is 7.14. The maximum absolute atomic E-state index is 11.7. The summed E-state index contributed by atoms with van der Waals surface area (Å²) in [6.45, 7) is 9.16. The average Bonchev–Trinajstić information content (AvgIpc) is 2.39. The van der Waals surface area contributed by atoms with Crippen molar-refractivity contribution >= 4 is 24.3 Å². The lowest BCUT2D eigenvalue weighted by atomic mass is 10.1. The van der Waals surface area contributed by atoms with Gasteiger partial charge in [-0.2, -0.15) is 0 Å². The Hall–Kier alpha value is -1.12. The van der Waals surface area contributed by atoms with Crippen LogP contribution in [0.1, 0.15) is 31.4 Å². The predicted molar refractivity (Wildman–Crippen MR) is 84.9 cm³/mol. The predicted octanol–water partition coefficient (Wildman–Crippen LogP) is 3.73. The van der Waals surface area contributed by atoms with Crippen LogP contribution in [0.4, 0.5) is 0 Å². The van der Waals surface area contributed by atoms with Gasteiger partial charge in [0.25, 0.3) is 0 Å². The number of hydrogen-bond acceptors (Lipinski definition) is 2. The van der Waals surface area contributed by atoms with Gasteiger partial charge in [-0.1, -0.05) is 49.8 Å². The van der Waals surface area contributed by atoms with Crippen LogP contribution in [0.3, 0.4) is 0 Å². The summed E-state index contributed by atoms with van der Waals surface area (Å²) in [7, 11) is 0. The van der Waals surface area contributed by atoms with Crippen molar-refractivity contribution in [3.63, 3.8) is 0 Å². The second-order valence-corrected chi connectivity index (χ2v) is 4.49. The molecule has 0 spiro atoms. The highest BCUT2D eigenvalue weighted by molar-refractivity contribution is 5.93. The summed E-state index contributed by atoms with van der Waals surface area (Å²) in [6.07, 6.45) is 4.18. The molecule has 106 valence electrons. The number of ketones is 1. The van der Waals surface area contributed by atoms with E-state index in [0.29, 0.717) is 6.42 Å². The zero-order valence-corrected chi connectivity index (χ0v) is 12.9. The lowest BCUT2D eigenvalue weighted by Crippen LogP contribution is -2.25. The number of carbonyl (C=O) groups is 1. The second-order valence-electron chi connectivity index (χ2n) is 4.49. The number of nitrogens with zero attached hydrogens (tertiary/aromatic N) is 1. The molecule has 0 radical (unpaired) electrons. The van der Waals surface area contributed by atoms with Crippen LogP contribution in [0.25, 0.3) is 6.08 Å². The van der Waals surface area contributed by atoms with E-state index >= 15 is 0 Å². The Morgan fingerprint density at radius 3 is 2.26 bits per heavy atom. The first kappa shape index (κ1) is 17.9. The highest BCUT2D eigenvalue weighted by Crippen LogP contribution is 2.05. The van der Waals surface area contributed by atoms with E-state index in [0.717, 1.165) is 25.2 Å². The van der Waals surface area contributed by atoms with Crippen molar-refractivity contribution in [1.29, 1.82) is 0 Å². The molecule has 0 aliphatic carbocycles. The fourth-order valence-electron chi connectivity index (χ4n) is 1.76. The molecule has 0 saturated carbocycles. The zero-order chi connectivity index (χ0) is 13.4. The van der Waals surface area contributed by atoms with Gasteiger partial charge in [-0.3, -0.25) is 4.79 Å². The van der Waals surface area contributed by atoms with Crippen molar-refractivity contribution in [1.82, 2.24) is 4.90 Å². The SMILES string of the molecule is CCN(CC)CCC(=O)/C=C/c1ccc(C)cc1.Cl. The van der Waals surface area contributed by atoms with E-state index in [1.54, 1.807) is 6.08 Å². The van der Waals surface area contributed by atoms with E-state index in [1.807, 2.05) is 18.2 Å². The fraction of sp³-hybridized carbons (Fsp3) is 0.438. The third-order valence-corrected chi connectivity index (χ3v) is 3.11. The lowest BCUT2D eigenvalue weighted by molar-refractivity contribution is -0.114. The maximum atomic E-state index is 11.7. The van der Waals surface area contributed by atoms with Crippen LogP contribution in [0, 0.1) is 6.92 Å². The van der Waals surface area contributed by atoms with Gasteiger partial charge in [0.1, 0.15) is 0 Å². The quantitative estimate of drug-likeness (QED) is 0.710. The molecule has 0 fully saturated rings. The zero-order valence-electron chi connectivity index (χ0n) is 12.1. The minimum Gasteiger partial charge on any atom is -0.303 e. The molecule has 0 amide bonds. The van der Waals surface area contributed by atoms with Gasteiger partial charge in [0.05, 0.1) is 0 Å². The van der Waals surface area contributed by atoms with Gasteiger partial charge in [0, 0.05) is 13.0 Å². The first-order valence-corrected chi connectivity index (χ1v) is 6.65. The third-order valence-electron chi connectivity index (χ3n) is 3.11. The molecule has 0 aliphatic heterocycles. The first-order valence-electron chi connectivity index (χ1n) is 6.65. The number of halogens is 1. The molecule has 0 saturated heterocycles. The molecule has 0 N–H and O–H groups in total. The summed E-state index contributed by atoms with van der Waals surface area (Å²) in [5.41, 5.74) is 2.32. The summed E-state index contributed by atoms with van der Waals surface area (Å²) >= 11 is 0. The van der Waals surface area contributed by atoms with Gasteiger partial charge >= 0.3 is 0 Å². The summed E-state index contributed by atoms with van der Waals surface area (Å²) in [5, 5.41) is 0. The van der Waals surface area contributed by atoms with Gasteiger partial charge < -0.3 is 4.90 Å². The smallest absolute Gasteiger partial charge is 0.156 e. The van der Waals surface area contributed by atoms with E-state index in [-0.39, 0.29) is 18.2 Å². The molecule has 0 aliphatic rings. The van der Waals surface area contributed by atoms with Gasteiger partial charge in [-0.15, -0.1) is 12.4 Å². The average molecular weight is 282 g/mol. The minimum absolute atomic E-state index is 0. The lowest BCUT2D eigenvalue weighted by Gasteiger charge is -2.16. The van der Waals surface area contributed by atoms with Crippen LogP contribution < -0.4 is 0 Å². The summed E-state index contributed by atoms with van der Waals surface area (Å²) in [4.78, 5) is 14.0. The molecule has 1 aromatic rings. The molecule has 0 bridgehead atoms. The number of allylic oxidation sites excluding steroid dienone is 1. The number of aryl methyl sites for hydroxylation is 1. The van der Waals surface area contributed by atoms with Crippen molar-refractivity contribution in [2.75, 3.05) is 19.6 Å². The molecule has 0 unspecified atom stereocenters. The molecule has 0 aromatic heterocycles. The van der Waals surface area contributed by atoms with E-state index in [9.17, 15) is 4.79 Å². The van der Waals surface area contributed by atoms with E-state index in [2.05, 4.69) is 37.8 Å². The highest BCUT2D eigenvalue weighted by atomic mass is 35.5. The normalized spacial score (nSPS) is 10.7. The van der Waals surface area contributed by atoms with Crippen LogP contribution in [-0.2, 0) is 4.79 Å². The topological polar surface area (TPSA) is 20.3 Å². The summed E-state index contributed by atoms with van der Waals surface area (Å²) in [5.74, 6) is 0.197. The van der Waals surface area contributed by atoms with Gasteiger partial charge in [-0.05, 0) is 31.7 Å². The van der Waals surface area contributed by atoms with Crippen molar-refractivity contribution in [3.05, 3.63) is 41.5 Å². The Morgan fingerprint density at radius 2 is 1.74 bits per heavy atom. The van der Waals surface area contributed by atoms with E-state index in [4.69, 9.17) is 0 Å². The molecule has 3 heteroatoms. The Bertz CT molecular complexity index is 394. The minimum atomic E-state index is 0. The maximum Gasteiger partial charge on any atom is 0.156 e. The van der Waals surface area contributed by atoms with Crippen LogP contribution in [0.5, 0.6) is 0 Å². The number of hydrogen-bond donors (Lipinski definition) is 0. The Labute approximate surface area is 122 Å². The van der Waals surface area contributed by atoms with Gasteiger partial charge in [-0.25, -0.2) is 0 Å². The van der Waals surface area contributed by atoms with Crippen molar-refractivity contribution in [3.8, 4) is 0 Å². The number of benzene rings is 1. The molecule has 0 heterocycles. The summed E-state index contributed by atoms with van der Waals surface area (Å²) in [6, 6.07) is 8.17. The Morgan fingerprint density at radius 1 is 1.16 bits per heavy atom. The molecule has 1 aromatic carbocycles.